The summed E-state index contributed by atoms with van der Waals surface area (Å²) in [5, 5.41) is 2.16. The molecule has 0 aliphatic carbocycles. The molecule has 1 atom stereocenters. The third-order valence-corrected chi connectivity index (χ3v) is 3.38. The summed E-state index contributed by atoms with van der Waals surface area (Å²) in [7, 11) is 0. The number of amides is 1. The molecular weight excluding hydrogens is 270 g/mol. The van der Waals surface area contributed by atoms with Gasteiger partial charge < -0.3 is 11.1 Å². The highest BCUT2D eigenvalue weighted by atomic mass is 32.2. The third-order valence-electron chi connectivity index (χ3n) is 2.18. The summed E-state index contributed by atoms with van der Waals surface area (Å²) in [5.74, 6) is -1.77. The molecule has 3 N–H and O–H groups in total. The summed E-state index contributed by atoms with van der Waals surface area (Å²) in [4.78, 5) is 11.7. The molecule has 1 aromatic carbocycles. The number of nitrogens with one attached hydrogen (secondary N) is 1. The number of nitrogens with two attached hydrogens (primary N) is 1. The molecule has 1 unspecified atom stereocenters. The second-order valence-electron chi connectivity index (χ2n) is 5.31. The van der Waals surface area contributed by atoms with Gasteiger partial charge in [0.2, 0.25) is 5.91 Å². The Morgan fingerprint density at radius 1 is 1.32 bits per heavy atom. The molecule has 0 saturated heterocycles. The molecule has 0 aliphatic heterocycles. The van der Waals surface area contributed by atoms with Crippen LogP contribution >= 0.6 is 11.8 Å². The van der Waals surface area contributed by atoms with Crippen LogP contribution in [0.15, 0.2) is 17.0 Å². The summed E-state index contributed by atoms with van der Waals surface area (Å²) >= 11 is 0.837. The number of thioether (sulfide) groups is 1. The van der Waals surface area contributed by atoms with Crippen molar-refractivity contribution in [2.45, 2.75) is 43.4 Å². The zero-order chi connectivity index (χ0) is 14.8. The van der Waals surface area contributed by atoms with Gasteiger partial charge in [-0.1, -0.05) is 0 Å². The minimum atomic E-state index is -0.752. The highest BCUT2D eigenvalue weighted by Crippen LogP contribution is 2.30. The normalized spacial score (nSPS) is 13.2. The van der Waals surface area contributed by atoms with Crippen molar-refractivity contribution in [3.8, 4) is 0 Å². The molecule has 0 spiro atoms. The molecular formula is C13H18F2N2OS. The van der Waals surface area contributed by atoms with E-state index in [0.29, 0.717) is 0 Å². The van der Waals surface area contributed by atoms with Gasteiger partial charge in [-0.05, 0) is 39.8 Å². The first-order chi connectivity index (χ1) is 8.60. The van der Waals surface area contributed by atoms with Crippen molar-refractivity contribution < 1.29 is 13.6 Å². The van der Waals surface area contributed by atoms with Crippen LogP contribution in [0.25, 0.3) is 0 Å². The molecule has 19 heavy (non-hydrogen) atoms. The second kappa shape index (κ2) is 5.77. The van der Waals surface area contributed by atoms with Crippen LogP contribution in [0.1, 0.15) is 27.7 Å². The van der Waals surface area contributed by atoms with Crippen LogP contribution in [0.4, 0.5) is 14.5 Å². The van der Waals surface area contributed by atoms with E-state index in [-0.39, 0.29) is 22.0 Å². The van der Waals surface area contributed by atoms with E-state index in [2.05, 4.69) is 5.32 Å². The summed E-state index contributed by atoms with van der Waals surface area (Å²) in [6.45, 7) is 7.12. The number of hydrogen-bond acceptors (Lipinski definition) is 3. The quantitative estimate of drug-likeness (QED) is 0.664. The van der Waals surface area contributed by atoms with Gasteiger partial charge >= 0.3 is 0 Å². The predicted octanol–water partition coefficient (Wildman–Crippen LogP) is 2.94. The first-order valence-corrected chi connectivity index (χ1v) is 6.71. The fourth-order valence-corrected chi connectivity index (χ4v) is 2.26. The van der Waals surface area contributed by atoms with Gasteiger partial charge in [-0.3, -0.25) is 4.79 Å². The average molecular weight is 288 g/mol. The van der Waals surface area contributed by atoms with Crippen molar-refractivity contribution in [1.29, 1.82) is 0 Å². The maximum Gasteiger partial charge on any atom is 0.233 e. The minimum Gasteiger partial charge on any atom is -0.399 e. The van der Waals surface area contributed by atoms with E-state index in [4.69, 9.17) is 5.73 Å². The average Bonchev–Trinajstić information content (AvgIpc) is 2.20. The highest BCUT2D eigenvalue weighted by molar-refractivity contribution is 8.00. The van der Waals surface area contributed by atoms with Gasteiger partial charge in [0.1, 0.15) is 11.6 Å². The summed E-state index contributed by atoms with van der Waals surface area (Å²) in [6, 6.07) is 2.08. The van der Waals surface area contributed by atoms with Crippen LogP contribution in [0.5, 0.6) is 0 Å². The lowest BCUT2D eigenvalue weighted by Crippen LogP contribution is -2.44. The lowest BCUT2D eigenvalue weighted by Gasteiger charge is -2.23. The number of carbonyl (C=O) groups excluding carboxylic acids is 1. The minimum absolute atomic E-state index is 0.0196. The fourth-order valence-electron chi connectivity index (χ4n) is 1.39. The van der Waals surface area contributed by atoms with Crippen LogP contribution in [0.2, 0.25) is 0 Å². The summed E-state index contributed by atoms with van der Waals surface area (Å²) in [5.41, 5.74) is 4.97. The standard InChI is InChI=1S/C13H18F2N2OS/c1-7(12(18)17-13(2,3)4)19-11-9(14)5-8(16)6-10(11)15/h5-7H,16H2,1-4H3,(H,17,18). The van der Waals surface area contributed by atoms with Crippen LogP contribution in [0.3, 0.4) is 0 Å². The lowest BCUT2D eigenvalue weighted by molar-refractivity contribution is -0.121. The molecule has 0 aromatic heterocycles. The van der Waals surface area contributed by atoms with Gasteiger partial charge in [-0.25, -0.2) is 8.78 Å². The van der Waals surface area contributed by atoms with E-state index in [1.807, 2.05) is 20.8 Å². The molecule has 0 radical (unpaired) electrons. The number of hydrogen-bond donors (Lipinski definition) is 2. The predicted molar refractivity (Wildman–Crippen MR) is 74.0 cm³/mol. The Balaban J connectivity index is 2.83. The van der Waals surface area contributed by atoms with E-state index in [1.165, 1.54) is 0 Å². The maximum atomic E-state index is 13.6. The maximum absolute atomic E-state index is 13.6. The van der Waals surface area contributed by atoms with Gasteiger partial charge in [0, 0.05) is 11.2 Å². The SMILES string of the molecule is CC(Sc1c(F)cc(N)cc1F)C(=O)NC(C)(C)C. The van der Waals surface area contributed by atoms with Gasteiger partial charge in [-0.15, -0.1) is 11.8 Å². The van der Waals surface area contributed by atoms with E-state index in [1.54, 1.807) is 6.92 Å². The van der Waals surface area contributed by atoms with Crippen molar-refractivity contribution in [3.05, 3.63) is 23.8 Å². The molecule has 1 amide bonds. The molecule has 0 bridgehead atoms. The third kappa shape index (κ3) is 4.70. The molecule has 0 saturated carbocycles. The number of benzene rings is 1. The van der Waals surface area contributed by atoms with Gasteiger partial charge in [0.05, 0.1) is 10.1 Å². The molecule has 0 fully saturated rings. The number of carbonyl (C=O) groups is 1. The molecule has 3 nitrogen and oxygen atoms in total. The Morgan fingerprint density at radius 3 is 2.21 bits per heavy atom. The Morgan fingerprint density at radius 2 is 1.79 bits per heavy atom. The summed E-state index contributed by atoms with van der Waals surface area (Å²) < 4.78 is 27.2. The number of halogens is 2. The fraction of sp³-hybridized carbons (Fsp3) is 0.462. The first kappa shape index (κ1) is 15.8. The number of nitrogen functional groups attached to an aromatic ring is 1. The van der Waals surface area contributed by atoms with Crippen LogP contribution in [-0.4, -0.2) is 16.7 Å². The van der Waals surface area contributed by atoms with E-state index in [0.717, 1.165) is 23.9 Å². The monoisotopic (exact) mass is 288 g/mol. The topological polar surface area (TPSA) is 55.1 Å². The smallest absolute Gasteiger partial charge is 0.233 e. The molecule has 0 aliphatic rings. The van der Waals surface area contributed by atoms with Crippen LogP contribution in [0, 0.1) is 11.6 Å². The molecule has 1 rings (SSSR count). The van der Waals surface area contributed by atoms with Crippen molar-refractivity contribution in [3.63, 3.8) is 0 Å². The first-order valence-electron chi connectivity index (χ1n) is 5.83. The Kier molecular flexibility index (Phi) is 4.79. The number of rotatable bonds is 3. The molecule has 6 heteroatoms. The van der Waals surface area contributed by atoms with Gasteiger partial charge in [0.15, 0.2) is 0 Å². The zero-order valence-corrected chi connectivity index (χ0v) is 12.2. The van der Waals surface area contributed by atoms with Crippen molar-refractivity contribution in [2.24, 2.45) is 0 Å². The van der Waals surface area contributed by atoms with Crippen LogP contribution < -0.4 is 11.1 Å². The van der Waals surface area contributed by atoms with Crippen molar-refractivity contribution in [1.82, 2.24) is 5.32 Å². The zero-order valence-electron chi connectivity index (χ0n) is 11.4. The van der Waals surface area contributed by atoms with E-state index in [9.17, 15) is 13.6 Å². The lowest BCUT2D eigenvalue weighted by atomic mass is 10.1. The largest absolute Gasteiger partial charge is 0.399 e. The van der Waals surface area contributed by atoms with Crippen LogP contribution in [-0.2, 0) is 4.79 Å². The van der Waals surface area contributed by atoms with E-state index >= 15 is 0 Å². The summed E-state index contributed by atoms with van der Waals surface area (Å²) in [6.07, 6.45) is 0. The van der Waals surface area contributed by atoms with Crippen molar-refractivity contribution >= 4 is 23.4 Å². The molecule has 0 heterocycles. The Labute approximate surface area is 115 Å². The highest BCUT2D eigenvalue weighted by Gasteiger charge is 2.22. The molecule has 106 valence electrons. The second-order valence-corrected chi connectivity index (χ2v) is 6.66. The van der Waals surface area contributed by atoms with Gasteiger partial charge in [-0.2, -0.15) is 0 Å². The number of anilines is 1. The van der Waals surface area contributed by atoms with Crippen molar-refractivity contribution in [2.75, 3.05) is 5.73 Å². The Bertz CT molecular complexity index is 463. The van der Waals surface area contributed by atoms with Gasteiger partial charge in [0.25, 0.3) is 0 Å². The molecule has 1 aromatic rings. The van der Waals surface area contributed by atoms with E-state index < -0.39 is 16.9 Å². The Hall–Kier alpha value is -1.30.